The Labute approximate surface area is 151 Å². The highest BCUT2D eigenvalue weighted by Crippen LogP contribution is 2.30. The van der Waals surface area contributed by atoms with Gasteiger partial charge in [0, 0.05) is 17.5 Å². The predicted molar refractivity (Wildman–Crippen MR) is 102 cm³/mol. The molecule has 0 aliphatic carbocycles. The molecular formula is C21H21FN2O2. The zero-order chi connectivity index (χ0) is 18.7. The zero-order valence-electron chi connectivity index (χ0n) is 14.8. The second-order valence-corrected chi connectivity index (χ2v) is 6.71. The Morgan fingerprint density at radius 2 is 1.88 bits per heavy atom. The molecule has 0 atom stereocenters. The molecular weight excluding hydrogens is 331 g/mol. The molecule has 26 heavy (non-hydrogen) atoms. The van der Waals surface area contributed by atoms with E-state index in [1.165, 1.54) is 18.2 Å². The number of nitrogens with zero attached hydrogens (tertiary/aromatic N) is 1. The summed E-state index contributed by atoms with van der Waals surface area (Å²) in [5, 5.41) is 13.4. The van der Waals surface area contributed by atoms with Gasteiger partial charge >= 0.3 is 5.97 Å². The number of nitrogens with one attached hydrogen (secondary N) is 1. The number of halogens is 1. The number of benzene rings is 2. The molecule has 2 N–H and O–H groups in total. The molecule has 0 saturated heterocycles. The van der Waals surface area contributed by atoms with Crippen molar-refractivity contribution in [3.63, 3.8) is 0 Å². The lowest BCUT2D eigenvalue weighted by molar-refractivity contribution is 0.0697. The first-order chi connectivity index (χ1) is 12.4. The maximum Gasteiger partial charge on any atom is 0.335 e. The van der Waals surface area contributed by atoms with Crippen LogP contribution in [0.5, 0.6) is 0 Å². The fourth-order valence-electron chi connectivity index (χ4n) is 2.77. The average molecular weight is 352 g/mol. The Balaban J connectivity index is 2.08. The van der Waals surface area contributed by atoms with Crippen molar-refractivity contribution >= 4 is 22.6 Å². The second-order valence-electron chi connectivity index (χ2n) is 6.71. The molecule has 2 aromatic carbocycles. The van der Waals surface area contributed by atoms with Gasteiger partial charge in [-0.2, -0.15) is 0 Å². The van der Waals surface area contributed by atoms with Crippen LogP contribution in [-0.4, -0.2) is 22.6 Å². The van der Waals surface area contributed by atoms with Crippen LogP contribution in [0.25, 0.3) is 22.2 Å². The summed E-state index contributed by atoms with van der Waals surface area (Å²) in [6.45, 7) is 5.08. The van der Waals surface area contributed by atoms with E-state index in [0.29, 0.717) is 11.4 Å². The number of pyridine rings is 1. The summed E-state index contributed by atoms with van der Waals surface area (Å²) < 4.78 is 13.3. The van der Waals surface area contributed by atoms with Gasteiger partial charge in [0.25, 0.3) is 0 Å². The summed E-state index contributed by atoms with van der Waals surface area (Å²) in [6, 6.07) is 13.0. The first kappa shape index (κ1) is 17.9. The average Bonchev–Trinajstić information content (AvgIpc) is 2.61. The van der Waals surface area contributed by atoms with Crippen LogP contribution in [0, 0.1) is 11.7 Å². The van der Waals surface area contributed by atoms with E-state index >= 15 is 0 Å². The molecule has 3 rings (SSSR count). The lowest BCUT2D eigenvalue weighted by Crippen LogP contribution is -2.07. The maximum absolute atomic E-state index is 13.3. The lowest BCUT2D eigenvalue weighted by Gasteiger charge is -2.14. The maximum atomic E-state index is 13.3. The predicted octanol–water partition coefficient (Wildman–Crippen LogP) is 5.20. The lowest BCUT2D eigenvalue weighted by atomic mass is 10.0. The number of rotatable bonds is 6. The molecule has 0 aliphatic rings. The van der Waals surface area contributed by atoms with Gasteiger partial charge in [-0.05, 0) is 60.9 Å². The summed E-state index contributed by atoms with van der Waals surface area (Å²) in [6.07, 6.45) is 0.996. The van der Waals surface area contributed by atoms with Crippen LogP contribution in [0.2, 0.25) is 0 Å². The molecule has 0 spiro atoms. The summed E-state index contributed by atoms with van der Waals surface area (Å²) in [5.74, 6) is -0.706. The molecule has 1 aromatic heterocycles. The number of aromatic nitrogens is 1. The minimum absolute atomic E-state index is 0.224. The smallest absolute Gasteiger partial charge is 0.335 e. The Kier molecular flexibility index (Phi) is 5.16. The van der Waals surface area contributed by atoms with Crippen LogP contribution < -0.4 is 5.32 Å². The van der Waals surface area contributed by atoms with Crippen LogP contribution in [0.1, 0.15) is 30.6 Å². The van der Waals surface area contributed by atoms with Gasteiger partial charge in [0.1, 0.15) is 5.82 Å². The fraction of sp³-hybridized carbons (Fsp3) is 0.238. The monoisotopic (exact) mass is 352 g/mol. The number of anilines is 1. The third kappa shape index (κ3) is 3.99. The van der Waals surface area contributed by atoms with E-state index in [2.05, 4.69) is 19.2 Å². The molecule has 5 heteroatoms. The van der Waals surface area contributed by atoms with Crippen molar-refractivity contribution in [2.24, 2.45) is 5.92 Å². The highest BCUT2D eigenvalue weighted by atomic mass is 19.1. The summed E-state index contributed by atoms with van der Waals surface area (Å²) in [4.78, 5) is 15.9. The van der Waals surface area contributed by atoms with Gasteiger partial charge in [0.15, 0.2) is 0 Å². The third-order valence-electron chi connectivity index (χ3n) is 4.22. The first-order valence-electron chi connectivity index (χ1n) is 8.62. The minimum Gasteiger partial charge on any atom is -0.478 e. The van der Waals surface area contributed by atoms with Crippen LogP contribution in [0.15, 0.2) is 48.5 Å². The van der Waals surface area contributed by atoms with Crippen molar-refractivity contribution in [2.45, 2.75) is 20.3 Å². The van der Waals surface area contributed by atoms with E-state index in [4.69, 9.17) is 4.98 Å². The van der Waals surface area contributed by atoms with Gasteiger partial charge in [-0.1, -0.05) is 13.8 Å². The molecule has 0 saturated carbocycles. The van der Waals surface area contributed by atoms with Crippen molar-refractivity contribution < 1.29 is 14.3 Å². The molecule has 0 radical (unpaired) electrons. The molecule has 4 nitrogen and oxygen atoms in total. The van der Waals surface area contributed by atoms with Crippen LogP contribution >= 0.6 is 0 Å². The summed E-state index contributed by atoms with van der Waals surface area (Å²) in [7, 11) is 0. The van der Waals surface area contributed by atoms with Crippen molar-refractivity contribution in [1.29, 1.82) is 0 Å². The summed E-state index contributed by atoms with van der Waals surface area (Å²) >= 11 is 0. The van der Waals surface area contributed by atoms with Gasteiger partial charge in [0.2, 0.25) is 0 Å². The van der Waals surface area contributed by atoms with E-state index in [-0.39, 0.29) is 11.4 Å². The van der Waals surface area contributed by atoms with Crippen molar-refractivity contribution in [3.8, 4) is 11.3 Å². The van der Waals surface area contributed by atoms with Gasteiger partial charge < -0.3 is 10.4 Å². The SMILES string of the molecule is CC(C)CCNc1cc2cc(C(=O)O)ccc2nc1-c1ccc(F)cc1. The van der Waals surface area contributed by atoms with Gasteiger partial charge in [-0.3, -0.25) is 0 Å². The van der Waals surface area contributed by atoms with Crippen molar-refractivity contribution in [3.05, 3.63) is 59.9 Å². The molecule has 0 amide bonds. The highest BCUT2D eigenvalue weighted by Gasteiger charge is 2.12. The fourth-order valence-corrected chi connectivity index (χ4v) is 2.77. The van der Waals surface area contributed by atoms with Gasteiger partial charge in [0.05, 0.1) is 22.5 Å². The minimum atomic E-state index is -0.969. The molecule has 0 bridgehead atoms. The quantitative estimate of drug-likeness (QED) is 0.640. The van der Waals surface area contributed by atoms with Gasteiger partial charge in [-0.15, -0.1) is 0 Å². The Hall–Kier alpha value is -2.95. The largest absolute Gasteiger partial charge is 0.478 e. The zero-order valence-corrected chi connectivity index (χ0v) is 14.8. The van der Waals surface area contributed by atoms with Crippen molar-refractivity contribution in [1.82, 2.24) is 4.98 Å². The van der Waals surface area contributed by atoms with E-state index in [0.717, 1.165) is 35.3 Å². The highest BCUT2D eigenvalue weighted by molar-refractivity contribution is 5.95. The number of aromatic carboxylic acids is 1. The Morgan fingerprint density at radius 3 is 2.54 bits per heavy atom. The number of hydrogen-bond acceptors (Lipinski definition) is 3. The second kappa shape index (κ2) is 7.52. The third-order valence-corrected chi connectivity index (χ3v) is 4.22. The molecule has 0 fully saturated rings. The first-order valence-corrected chi connectivity index (χ1v) is 8.62. The molecule has 0 unspecified atom stereocenters. The van der Waals surface area contributed by atoms with E-state index in [9.17, 15) is 14.3 Å². The van der Waals surface area contributed by atoms with Crippen LogP contribution in [-0.2, 0) is 0 Å². The number of hydrogen-bond donors (Lipinski definition) is 2. The Morgan fingerprint density at radius 1 is 1.15 bits per heavy atom. The molecule has 0 aliphatic heterocycles. The van der Waals surface area contributed by atoms with Crippen LogP contribution in [0.3, 0.4) is 0 Å². The number of fused-ring (bicyclic) bond motifs is 1. The van der Waals surface area contributed by atoms with E-state index in [1.54, 1.807) is 24.3 Å². The molecule has 3 aromatic rings. The number of carbonyl (C=O) groups is 1. The van der Waals surface area contributed by atoms with Crippen molar-refractivity contribution in [2.75, 3.05) is 11.9 Å². The number of carboxylic acids is 1. The summed E-state index contributed by atoms with van der Waals surface area (Å²) in [5.41, 5.74) is 3.27. The Bertz CT molecular complexity index is 937. The van der Waals surface area contributed by atoms with E-state index < -0.39 is 5.97 Å². The standard InChI is InChI=1S/C21H21FN2O2/c1-13(2)9-10-23-19-12-16-11-15(21(25)26)5-8-18(16)24-20(19)14-3-6-17(22)7-4-14/h3-8,11-13,23H,9-10H2,1-2H3,(H,25,26). The van der Waals surface area contributed by atoms with Gasteiger partial charge in [-0.25, -0.2) is 14.2 Å². The molecule has 134 valence electrons. The normalized spacial score (nSPS) is 11.1. The number of carboxylic acid groups (broad SMARTS) is 1. The topological polar surface area (TPSA) is 62.2 Å². The van der Waals surface area contributed by atoms with E-state index in [1.807, 2.05) is 6.07 Å². The molecule has 1 heterocycles. The van der Waals surface area contributed by atoms with Crippen LogP contribution in [0.4, 0.5) is 10.1 Å².